The number of aryl methyl sites for hydroxylation is 1. The molecule has 0 spiro atoms. The van der Waals surface area contributed by atoms with Crippen molar-refractivity contribution in [3.63, 3.8) is 0 Å². The molecule has 1 aromatic carbocycles. The van der Waals surface area contributed by atoms with Gasteiger partial charge < -0.3 is 9.30 Å². The number of benzene rings is 1. The van der Waals surface area contributed by atoms with E-state index in [1.54, 1.807) is 25.4 Å². The standard InChI is InChI=1S/C19H21FN2O2/c1-12(2)5-4-8-24-18-10-17-14(9-16(18)20)13-6-7-21-11-15(13)19(23)22(17)3/h6-7,9-12H,4-5,8H2,1-3H3. The Labute approximate surface area is 139 Å². The average molecular weight is 328 g/mol. The van der Waals surface area contributed by atoms with E-state index in [0.717, 1.165) is 12.8 Å². The molecule has 0 saturated carbocycles. The molecule has 24 heavy (non-hydrogen) atoms. The van der Waals surface area contributed by atoms with Crippen LogP contribution in [0.5, 0.6) is 5.75 Å². The Hall–Kier alpha value is -2.43. The molecule has 0 unspecified atom stereocenters. The molecule has 0 N–H and O–H groups in total. The van der Waals surface area contributed by atoms with Gasteiger partial charge in [0.15, 0.2) is 11.6 Å². The maximum Gasteiger partial charge on any atom is 0.260 e. The van der Waals surface area contributed by atoms with Crippen LogP contribution in [0.3, 0.4) is 0 Å². The Bertz CT molecular complexity index is 947. The molecule has 2 heterocycles. The van der Waals surface area contributed by atoms with Crippen molar-refractivity contribution in [3.8, 4) is 5.75 Å². The summed E-state index contributed by atoms with van der Waals surface area (Å²) in [7, 11) is 1.68. The molecule has 5 heteroatoms. The molecule has 0 aliphatic heterocycles. The molecule has 2 aromatic heterocycles. The van der Waals surface area contributed by atoms with Crippen LogP contribution in [0.25, 0.3) is 21.7 Å². The van der Waals surface area contributed by atoms with Crippen molar-refractivity contribution in [2.75, 3.05) is 6.61 Å². The van der Waals surface area contributed by atoms with E-state index in [-0.39, 0.29) is 11.3 Å². The minimum Gasteiger partial charge on any atom is -0.490 e. The first-order chi connectivity index (χ1) is 11.5. The zero-order valence-corrected chi connectivity index (χ0v) is 14.2. The summed E-state index contributed by atoms with van der Waals surface area (Å²) in [6, 6.07) is 4.79. The topological polar surface area (TPSA) is 44.1 Å². The summed E-state index contributed by atoms with van der Waals surface area (Å²) in [6.45, 7) is 4.75. The van der Waals surface area contributed by atoms with E-state index in [1.807, 2.05) is 0 Å². The predicted octanol–water partition coefficient (Wildman–Crippen LogP) is 4.04. The van der Waals surface area contributed by atoms with Crippen LogP contribution in [-0.2, 0) is 7.05 Å². The highest BCUT2D eigenvalue weighted by Gasteiger charge is 2.13. The smallest absolute Gasteiger partial charge is 0.260 e. The lowest BCUT2D eigenvalue weighted by atomic mass is 10.1. The zero-order valence-electron chi connectivity index (χ0n) is 14.2. The molecule has 0 atom stereocenters. The van der Waals surface area contributed by atoms with E-state index in [0.29, 0.717) is 34.2 Å². The zero-order chi connectivity index (χ0) is 17.3. The third-order valence-electron chi connectivity index (χ3n) is 4.24. The summed E-state index contributed by atoms with van der Waals surface area (Å²) in [5.74, 6) is 0.370. The minimum atomic E-state index is -0.413. The van der Waals surface area contributed by atoms with Crippen molar-refractivity contribution in [1.29, 1.82) is 0 Å². The van der Waals surface area contributed by atoms with Gasteiger partial charge in [-0.25, -0.2) is 4.39 Å². The van der Waals surface area contributed by atoms with Gasteiger partial charge in [-0.05, 0) is 36.3 Å². The molecular formula is C19H21FN2O2. The van der Waals surface area contributed by atoms with Gasteiger partial charge in [0.05, 0.1) is 17.5 Å². The number of nitrogens with zero attached hydrogens (tertiary/aromatic N) is 2. The second kappa shape index (κ2) is 6.59. The van der Waals surface area contributed by atoms with E-state index in [2.05, 4.69) is 18.8 Å². The molecule has 0 amide bonds. The molecule has 3 rings (SSSR count). The van der Waals surface area contributed by atoms with Crippen molar-refractivity contribution in [2.24, 2.45) is 13.0 Å². The molecule has 4 nitrogen and oxygen atoms in total. The van der Waals surface area contributed by atoms with E-state index in [4.69, 9.17) is 4.74 Å². The molecule has 0 aliphatic carbocycles. The molecule has 0 radical (unpaired) electrons. The summed E-state index contributed by atoms with van der Waals surface area (Å²) < 4.78 is 21.6. The third-order valence-corrected chi connectivity index (χ3v) is 4.24. The summed E-state index contributed by atoms with van der Waals surface area (Å²) in [6.07, 6.45) is 5.03. The largest absolute Gasteiger partial charge is 0.490 e. The number of hydrogen-bond acceptors (Lipinski definition) is 3. The lowest BCUT2D eigenvalue weighted by Crippen LogP contribution is -2.17. The predicted molar refractivity (Wildman–Crippen MR) is 94.0 cm³/mol. The average Bonchev–Trinajstić information content (AvgIpc) is 2.57. The Balaban J connectivity index is 2.06. The van der Waals surface area contributed by atoms with E-state index in [1.165, 1.54) is 16.8 Å². The Kier molecular flexibility index (Phi) is 4.51. The third kappa shape index (κ3) is 2.98. The van der Waals surface area contributed by atoms with Gasteiger partial charge >= 0.3 is 0 Å². The van der Waals surface area contributed by atoms with Gasteiger partial charge in [-0.2, -0.15) is 0 Å². The van der Waals surface area contributed by atoms with Crippen molar-refractivity contribution < 1.29 is 9.13 Å². The molecular weight excluding hydrogens is 307 g/mol. The van der Waals surface area contributed by atoms with Crippen LogP contribution in [0.15, 0.2) is 35.4 Å². The monoisotopic (exact) mass is 328 g/mol. The quantitative estimate of drug-likeness (QED) is 0.524. The van der Waals surface area contributed by atoms with Gasteiger partial charge in [-0.3, -0.25) is 9.78 Å². The van der Waals surface area contributed by atoms with Crippen molar-refractivity contribution in [3.05, 3.63) is 46.8 Å². The highest BCUT2D eigenvalue weighted by atomic mass is 19.1. The lowest BCUT2D eigenvalue weighted by Gasteiger charge is -2.13. The maximum atomic E-state index is 14.4. The van der Waals surface area contributed by atoms with Gasteiger partial charge in [0, 0.05) is 30.9 Å². The fourth-order valence-electron chi connectivity index (χ4n) is 2.91. The Morgan fingerprint density at radius 1 is 1.25 bits per heavy atom. The summed E-state index contributed by atoms with van der Waals surface area (Å²) >= 11 is 0. The molecule has 0 aliphatic rings. The highest BCUT2D eigenvalue weighted by Crippen LogP contribution is 2.28. The number of halogens is 1. The summed E-state index contributed by atoms with van der Waals surface area (Å²) in [5.41, 5.74) is 0.502. The van der Waals surface area contributed by atoms with Crippen molar-refractivity contribution >= 4 is 21.7 Å². The normalized spacial score (nSPS) is 11.5. The molecule has 3 aromatic rings. The SMILES string of the molecule is CC(C)CCCOc1cc2c(cc1F)c1ccncc1c(=O)n2C. The van der Waals surface area contributed by atoms with E-state index >= 15 is 0 Å². The first-order valence-electron chi connectivity index (χ1n) is 8.18. The minimum absolute atomic E-state index is 0.150. The number of aromatic nitrogens is 2. The Morgan fingerprint density at radius 2 is 2.04 bits per heavy atom. The van der Waals surface area contributed by atoms with Gasteiger partial charge in [0.25, 0.3) is 5.56 Å². The fourth-order valence-corrected chi connectivity index (χ4v) is 2.91. The first kappa shape index (κ1) is 16.4. The van der Waals surface area contributed by atoms with Crippen LogP contribution < -0.4 is 10.3 Å². The fraction of sp³-hybridized carbons (Fsp3) is 0.368. The molecule has 0 saturated heterocycles. The van der Waals surface area contributed by atoms with Crippen LogP contribution in [0.1, 0.15) is 26.7 Å². The van der Waals surface area contributed by atoms with E-state index < -0.39 is 5.82 Å². The second-order valence-corrected chi connectivity index (χ2v) is 6.47. The lowest BCUT2D eigenvalue weighted by molar-refractivity contribution is 0.284. The molecule has 0 bridgehead atoms. The van der Waals surface area contributed by atoms with Crippen LogP contribution in [0, 0.1) is 11.7 Å². The molecule has 126 valence electrons. The van der Waals surface area contributed by atoms with Crippen molar-refractivity contribution in [1.82, 2.24) is 9.55 Å². The van der Waals surface area contributed by atoms with Gasteiger partial charge in [0.1, 0.15) is 0 Å². The van der Waals surface area contributed by atoms with Crippen LogP contribution >= 0.6 is 0 Å². The van der Waals surface area contributed by atoms with Crippen LogP contribution in [0.4, 0.5) is 4.39 Å². The number of pyridine rings is 2. The van der Waals surface area contributed by atoms with Gasteiger partial charge in [-0.15, -0.1) is 0 Å². The second-order valence-electron chi connectivity index (χ2n) is 6.47. The Morgan fingerprint density at radius 3 is 2.79 bits per heavy atom. The summed E-state index contributed by atoms with van der Waals surface area (Å²) in [5, 5.41) is 1.87. The highest BCUT2D eigenvalue weighted by molar-refractivity contribution is 6.05. The van der Waals surface area contributed by atoms with Gasteiger partial charge in [0.2, 0.25) is 0 Å². The number of fused-ring (bicyclic) bond motifs is 3. The van der Waals surface area contributed by atoms with Crippen molar-refractivity contribution in [2.45, 2.75) is 26.7 Å². The maximum absolute atomic E-state index is 14.4. The van der Waals surface area contributed by atoms with Crippen LogP contribution in [-0.4, -0.2) is 16.2 Å². The van der Waals surface area contributed by atoms with Crippen LogP contribution in [0.2, 0.25) is 0 Å². The first-order valence-corrected chi connectivity index (χ1v) is 8.18. The number of hydrogen-bond donors (Lipinski definition) is 0. The summed E-state index contributed by atoms with van der Waals surface area (Å²) in [4.78, 5) is 16.5. The number of rotatable bonds is 5. The van der Waals surface area contributed by atoms with E-state index in [9.17, 15) is 9.18 Å². The number of ether oxygens (including phenoxy) is 1. The molecule has 0 fully saturated rings. The van der Waals surface area contributed by atoms with Gasteiger partial charge in [-0.1, -0.05) is 13.8 Å².